The zero-order valence-corrected chi connectivity index (χ0v) is 22.9. The van der Waals surface area contributed by atoms with Crippen molar-refractivity contribution < 1.29 is 4.79 Å². The van der Waals surface area contributed by atoms with Gasteiger partial charge < -0.3 is 20.1 Å². The number of piperidine rings is 1. The molecule has 1 amide bonds. The van der Waals surface area contributed by atoms with E-state index in [9.17, 15) is 4.79 Å². The summed E-state index contributed by atoms with van der Waals surface area (Å²) in [4.78, 5) is 35.0. The van der Waals surface area contributed by atoms with Gasteiger partial charge in [0.15, 0.2) is 0 Å². The Balaban J connectivity index is 1.21. The minimum atomic E-state index is -0.166. The average Bonchev–Trinajstić information content (AvgIpc) is 3.58. The molecule has 2 atom stereocenters. The van der Waals surface area contributed by atoms with Gasteiger partial charge in [0.05, 0.1) is 33.2 Å². The van der Waals surface area contributed by atoms with E-state index >= 15 is 0 Å². The second kappa shape index (κ2) is 10.7. The smallest absolute Gasteiger partial charge is 0.255 e. The molecule has 4 heterocycles. The number of aromatic amines is 1. The average molecular weight is 553 g/mol. The fraction of sp³-hybridized carbons (Fsp3) is 0.429. The lowest BCUT2D eigenvalue weighted by Gasteiger charge is -2.35. The summed E-state index contributed by atoms with van der Waals surface area (Å²) in [6, 6.07) is 9.00. The van der Waals surface area contributed by atoms with E-state index in [-0.39, 0.29) is 11.9 Å². The van der Waals surface area contributed by atoms with Gasteiger partial charge in [-0.2, -0.15) is 0 Å². The van der Waals surface area contributed by atoms with Gasteiger partial charge in [-0.05, 0) is 81.9 Å². The van der Waals surface area contributed by atoms with Crippen molar-refractivity contribution >= 4 is 56.9 Å². The predicted molar refractivity (Wildman–Crippen MR) is 152 cm³/mol. The molecule has 0 radical (unpaired) electrons. The first-order valence-corrected chi connectivity index (χ1v) is 14.1. The van der Waals surface area contributed by atoms with Crippen molar-refractivity contribution in [1.29, 1.82) is 0 Å². The van der Waals surface area contributed by atoms with Gasteiger partial charge in [-0.3, -0.25) is 4.79 Å². The molecule has 0 spiro atoms. The van der Waals surface area contributed by atoms with Crippen LogP contribution in [0.5, 0.6) is 0 Å². The number of hydrogen-bond acceptors (Lipinski definition) is 6. The van der Waals surface area contributed by atoms with Crippen molar-refractivity contribution in [1.82, 2.24) is 29.7 Å². The fourth-order valence-electron chi connectivity index (χ4n) is 5.73. The van der Waals surface area contributed by atoms with Gasteiger partial charge in [0.1, 0.15) is 18.0 Å². The molecular formula is C28H31Cl2N7O. The van der Waals surface area contributed by atoms with E-state index in [4.69, 9.17) is 23.2 Å². The van der Waals surface area contributed by atoms with Crippen LogP contribution in [0.25, 0.3) is 21.9 Å². The number of likely N-dealkylation sites (tertiary alicyclic amines) is 2. The number of halogens is 2. The number of fused-ring (bicyclic) bond motifs is 2. The molecule has 2 aromatic heterocycles. The normalized spacial score (nSPS) is 19.3. The van der Waals surface area contributed by atoms with Crippen LogP contribution in [0, 0.1) is 5.92 Å². The van der Waals surface area contributed by atoms with Gasteiger partial charge in [-0.25, -0.2) is 15.0 Å². The number of amides is 1. The van der Waals surface area contributed by atoms with Crippen LogP contribution >= 0.6 is 23.2 Å². The molecule has 4 aromatic rings. The van der Waals surface area contributed by atoms with E-state index in [2.05, 4.69) is 30.2 Å². The van der Waals surface area contributed by atoms with Crippen molar-refractivity contribution in [3.05, 3.63) is 58.1 Å². The number of aromatic nitrogens is 4. The topological polar surface area (TPSA) is 90.0 Å². The highest BCUT2D eigenvalue weighted by Gasteiger charge is 2.28. The molecule has 2 aromatic carbocycles. The zero-order valence-electron chi connectivity index (χ0n) is 21.4. The highest BCUT2D eigenvalue weighted by molar-refractivity contribution is 6.35. The Labute approximate surface area is 231 Å². The van der Waals surface area contributed by atoms with Crippen molar-refractivity contribution in [2.75, 3.05) is 38.0 Å². The summed E-state index contributed by atoms with van der Waals surface area (Å²) in [7, 11) is 0. The molecule has 2 N–H and O–H groups in total. The maximum Gasteiger partial charge on any atom is 0.255 e. The Morgan fingerprint density at radius 3 is 2.79 bits per heavy atom. The van der Waals surface area contributed by atoms with Crippen LogP contribution in [-0.4, -0.2) is 68.4 Å². The molecule has 0 bridgehead atoms. The second-order valence-corrected chi connectivity index (χ2v) is 11.3. The third kappa shape index (κ3) is 5.17. The number of benzene rings is 2. The summed E-state index contributed by atoms with van der Waals surface area (Å²) in [5.74, 6) is 1.88. The number of imidazole rings is 1. The third-order valence-corrected chi connectivity index (χ3v) is 8.25. The van der Waals surface area contributed by atoms with Crippen LogP contribution in [0.15, 0.2) is 36.7 Å². The molecule has 2 saturated heterocycles. The largest absolute Gasteiger partial charge is 0.360 e. The maximum atomic E-state index is 13.6. The first kappa shape index (κ1) is 25.3. The molecule has 2 fully saturated rings. The lowest BCUT2D eigenvalue weighted by Crippen LogP contribution is -2.43. The summed E-state index contributed by atoms with van der Waals surface area (Å²) in [5, 5.41) is 5.23. The summed E-state index contributed by atoms with van der Waals surface area (Å²) < 4.78 is 0. The van der Waals surface area contributed by atoms with Gasteiger partial charge in [-0.15, -0.1) is 0 Å². The molecule has 38 heavy (non-hydrogen) atoms. The van der Waals surface area contributed by atoms with Crippen molar-refractivity contribution in [2.24, 2.45) is 5.92 Å². The Bertz CT molecular complexity index is 1480. The van der Waals surface area contributed by atoms with Gasteiger partial charge in [-0.1, -0.05) is 23.2 Å². The van der Waals surface area contributed by atoms with Crippen LogP contribution in [-0.2, 0) is 0 Å². The van der Waals surface area contributed by atoms with Crippen LogP contribution in [0.3, 0.4) is 0 Å². The summed E-state index contributed by atoms with van der Waals surface area (Å²) in [6.45, 7) is 6.98. The SMILES string of the molecule is C[C@H](Nc1ncnc2cc(C(=O)N3CCC[C@@H](CN4CCCC4)C3)c(Cl)cc12)c1nc2cc(Cl)ccc2[nH]1. The van der Waals surface area contributed by atoms with E-state index in [1.807, 2.05) is 30.0 Å². The monoisotopic (exact) mass is 551 g/mol. The summed E-state index contributed by atoms with van der Waals surface area (Å²) in [5.41, 5.74) is 2.88. The highest BCUT2D eigenvalue weighted by Crippen LogP contribution is 2.31. The minimum Gasteiger partial charge on any atom is -0.360 e. The molecule has 0 saturated carbocycles. The van der Waals surface area contributed by atoms with Gasteiger partial charge in [0.25, 0.3) is 5.91 Å². The molecule has 0 unspecified atom stereocenters. The lowest BCUT2D eigenvalue weighted by atomic mass is 9.96. The number of nitrogens with zero attached hydrogens (tertiary/aromatic N) is 5. The quantitative estimate of drug-likeness (QED) is 0.308. The fourth-order valence-corrected chi connectivity index (χ4v) is 6.14. The van der Waals surface area contributed by atoms with Crippen molar-refractivity contribution in [3.8, 4) is 0 Å². The van der Waals surface area contributed by atoms with Gasteiger partial charge >= 0.3 is 0 Å². The van der Waals surface area contributed by atoms with E-state index in [1.165, 1.54) is 38.7 Å². The Hall–Kier alpha value is -2.94. The van der Waals surface area contributed by atoms with Gasteiger partial charge in [0.2, 0.25) is 0 Å². The van der Waals surface area contributed by atoms with Crippen molar-refractivity contribution in [2.45, 2.75) is 38.6 Å². The van der Waals surface area contributed by atoms with Crippen LogP contribution in [0.4, 0.5) is 5.82 Å². The minimum absolute atomic E-state index is 0.0227. The van der Waals surface area contributed by atoms with Crippen molar-refractivity contribution in [3.63, 3.8) is 0 Å². The summed E-state index contributed by atoms with van der Waals surface area (Å²) in [6.07, 6.45) is 6.27. The molecule has 0 aliphatic carbocycles. The Morgan fingerprint density at radius 2 is 1.95 bits per heavy atom. The lowest BCUT2D eigenvalue weighted by molar-refractivity contribution is 0.0648. The Kier molecular flexibility index (Phi) is 7.12. The van der Waals surface area contributed by atoms with E-state index in [0.717, 1.165) is 48.3 Å². The molecule has 6 rings (SSSR count). The molecule has 198 valence electrons. The number of H-pyrrole nitrogens is 1. The number of hydrogen-bond donors (Lipinski definition) is 2. The van der Waals surface area contributed by atoms with Crippen LogP contribution < -0.4 is 5.32 Å². The van der Waals surface area contributed by atoms with E-state index < -0.39 is 0 Å². The predicted octanol–water partition coefficient (Wildman–Crippen LogP) is 5.93. The molecule has 10 heteroatoms. The van der Waals surface area contributed by atoms with Crippen LogP contribution in [0.2, 0.25) is 10.0 Å². The highest BCUT2D eigenvalue weighted by atomic mass is 35.5. The standard InChI is InChI=1S/C28H31Cl2N7O/c1-17(26-34-23-7-6-19(29)11-25(23)35-26)33-27-21-12-22(30)20(13-24(21)31-16-32-27)28(38)37-10-4-5-18(15-37)14-36-8-2-3-9-36/h6-7,11-13,16-18H,2-5,8-10,14-15H2,1H3,(H,34,35)(H,31,32,33)/t17-,18-/m0/s1. The maximum absolute atomic E-state index is 13.6. The molecule has 2 aliphatic heterocycles. The summed E-state index contributed by atoms with van der Waals surface area (Å²) >= 11 is 12.8. The first-order chi connectivity index (χ1) is 18.4. The zero-order chi connectivity index (χ0) is 26.2. The van der Waals surface area contributed by atoms with Crippen LogP contribution in [0.1, 0.15) is 54.8 Å². The first-order valence-electron chi connectivity index (χ1n) is 13.3. The Morgan fingerprint density at radius 1 is 1.11 bits per heavy atom. The van der Waals surface area contributed by atoms with E-state index in [1.54, 1.807) is 12.1 Å². The molecule has 2 aliphatic rings. The number of carbonyl (C=O) groups is 1. The second-order valence-electron chi connectivity index (χ2n) is 10.5. The van der Waals surface area contributed by atoms with Gasteiger partial charge in [0, 0.05) is 30.0 Å². The van der Waals surface area contributed by atoms with E-state index in [0.29, 0.717) is 32.9 Å². The molecular weight excluding hydrogens is 521 g/mol. The number of anilines is 1. The number of rotatable bonds is 6. The molecule has 8 nitrogen and oxygen atoms in total. The third-order valence-electron chi connectivity index (χ3n) is 7.70. The number of carbonyl (C=O) groups excluding carboxylic acids is 1. The number of nitrogens with one attached hydrogen (secondary N) is 2.